The lowest BCUT2D eigenvalue weighted by molar-refractivity contribution is -0.121. The quantitative estimate of drug-likeness (QED) is 0.830. The first kappa shape index (κ1) is 16.3. The van der Waals surface area contributed by atoms with E-state index in [0.29, 0.717) is 24.2 Å². The van der Waals surface area contributed by atoms with Gasteiger partial charge in [-0.15, -0.1) is 0 Å². The SMILES string of the molecule is O=C(CN1C(=O)c2ccccc2C1=O)NCCN1CCc2ccccc21. The Balaban J connectivity index is 1.31. The van der Waals surface area contributed by atoms with Gasteiger partial charge in [0.1, 0.15) is 6.54 Å². The third-order valence-electron chi connectivity index (χ3n) is 4.87. The Kier molecular flexibility index (Phi) is 4.16. The van der Waals surface area contributed by atoms with Crippen molar-refractivity contribution >= 4 is 23.4 Å². The lowest BCUT2D eigenvalue weighted by Gasteiger charge is -2.20. The van der Waals surface area contributed by atoms with Gasteiger partial charge in [0, 0.05) is 25.3 Å². The van der Waals surface area contributed by atoms with Crippen LogP contribution in [0.2, 0.25) is 0 Å². The molecule has 1 N–H and O–H groups in total. The lowest BCUT2D eigenvalue weighted by atomic mass is 10.1. The van der Waals surface area contributed by atoms with Gasteiger partial charge in [0.15, 0.2) is 0 Å². The van der Waals surface area contributed by atoms with E-state index in [1.165, 1.54) is 11.3 Å². The van der Waals surface area contributed by atoms with E-state index in [4.69, 9.17) is 0 Å². The number of carbonyl (C=O) groups is 3. The number of nitrogens with one attached hydrogen (secondary N) is 1. The number of amides is 3. The second-order valence-electron chi connectivity index (χ2n) is 6.46. The molecule has 0 unspecified atom stereocenters. The van der Waals surface area contributed by atoms with Gasteiger partial charge in [-0.2, -0.15) is 0 Å². The van der Waals surface area contributed by atoms with Crippen molar-refractivity contribution in [3.05, 3.63) is 65.2 Å². The maximum atomic E-state index is 12.3. The minimum absolute atomic E-state index is 0.247. The first-order chi connectivity index (χ1) is 12.6. The van der Waals surface area contributed by atoms with E-state index >= 15 is 0 Å². The number of benzene rings is 2. The zero-order valence-electron chi connectivity index (χ0n) is 14.3. The normalized spacial score (nSPS) is 15.2. The summed E-state index contributed by atoms with van der Waals surface area (Å²) in [5.74, 6) is -1.14. The van der Waals surface area contributed by atoms with Crippen LogP contribution in [0.25, 0.3) is 0 Å². The summed E-state index contributed by atoms with van der Waals surface area (Å²) in [4.78, 5) is 40.0. The number of nitrogens with zero attached hydrogens (tertiary/aromatic N) is 2. The molecule has 2 aromatic carbocycles. The number of hydrogen-bond acceptors (Lipinski definition) is 4. The minimum atomic E-state index is -0.408. The van der Waals surface area contributed by atoms with Crippen molar-refractivity contribution in [3.8, 4) is 0 Å². The number of para-hydroxylation sites is 1. The maximum absolute atomic E-state index is 12.3. The van der Waals surface area contributed by atoms with Crippen LogP contribution >= 0.6 is 0 Å². The number of rotatable bonds is 5. The van der Waals surface area contributed by atoms with Crippen LogP contribution in [0.1, 0.15) is 26.3 Å². The largest absolute Gasteiger partial charge is 0.369 e. The molecular weight excluding hydrogens is 330 g/mol. The zero-order chi connectivity index (χ0) is 18.1. The predicted octanol–water partition coefficient (Wildman–Crippen LogP) is 1.46. The van der Waals surface area contributed by atoms with Crippen LogP contribution in [0.3, 0.4) is 0 Å². The monoisotopic (exact) mass is 349 g/mol. The predicted molar refractivity (Wildman–Crippen MR) is 97.2 cm³/mol. The summed E-state index contributed by atoms with van der Waals surface area (Å²) in [6, 6.07) is 14.9. The van der Waals surface area contributed by atoms with Gasteiger partial charge in [-0.05, 0) is 30.2 Å². The first-order valence-corrected chi connectivity index (χ1v) is 8.70. The molecule has 0 fully saturated rings. The molecule has 2 heterocycles. The van der Waals surface area contributed by atoms with E-state index in [1.54, 1.807) is 24.3 Å². The van der Waals surface area contributed by atoms with Crippen LogP contribution in [-0.2, 0) is 11.2 Å². The molecule has 0 spiro atoms. The summed E-state index contributed by atoms with van der Waals surface area (Å²) in [7, 11) is 0. The molecule has 0 bridgehead atoms. The Morgan fingerprint density at radius 2 is 1.62 bits per heavy atom. The van der Waals surface area contributed by atoms with E-state index in [1.807, 2.05) is 12.1 Å². The summed E-state index contributed by atoms with van der Waals surface area (Å²) in [5, 5.41) is 2.81. The number of imide groups is 1. The molecular formula is C20H19N3O3. The van der Waals surface area contributed by atoms with Gasteiger partial charge in [-0.3, -0.25) is 19.3 Å². The van der Waals surface area contributed by atoms with Gasteiger partial charge in [0.25, 0.3) is 11.8 Å². The van der Waals surface area contributed by atoms with Crippen LogP contribution in [0, 0.1) is 0 Å². The highest BCUT2D eigenvalue weighted by Gasteiger charge is 2.36. The smallest absolute Gasteiger partial charge is 0.262 e. The average Bonchev–Trinajstić information content (AvgIpc) is 3.17. The number of hydrogen-bond donors (Lipinski definition) is 1. The second-order valence-corrected chi connectivity index (χ2v) is 6.46. The summed E-state index contributed by atoms with van der Waals surface area (Å²) in [6.07, 6.45) is 1.01. The van der Waals surface area contributed by atoms with Gasteiger partial charge in [0.2, 0.25) is 5.91 Å². The third-order valence-corrected chi connectivity index (χ3v) is 4.87. The summed E-state index contributed by atoms with van der Waals surface area (Å²) in [6.45, 7) is 1.86. The molecule has 0 saturated heterocycles. The van der Waals surface area contributed by atoms with Crippen molar-refractivity contribution in [1.82, 2.24) is 10.2 Å². The molecule has 4 rings (SSSR count). The third kappa shape index (κ3) is 2.83. The molecule has 0 aliphatic carbocycles. The highest BCUT2D eigenvalue weighted by Crippen LogP contribution is 2.26. The zero-order valence-corrected chi connectivity index (χ0v) is 14.3. The topological polar surface area (TPSA) is 69.7 Å². The van der Waals surface area contributed by atoms with Gasteiger partial charge < -0.3 is 10.2 Å². The first-order valence-electron chi connectivity index (χ1n) is 8.70. The molecule has 0 atom stereocenters. The highest BCUT2D eigenvalue weighted by molar-refractivity contribution is 6.22. The molecule has 132 valence electrons. The van der Waals surface area contributed by atoms with Gasteiger partial charge in [-0.1, -0.05) is 30.3 Å². The molecule has 3 amide bonds. The number of fused-ring (bicyclic) bond motifs is 2. The van der Waals surface area contributed by atoms with Crippen molar-refractivity contribution in [1.29, 1.82) is 0 Å². The number of anilines is 1. The fraction of sp³-hybridized carbons (Fsp3) is 0.250. The van der Waals surface area contributed by atoms with Gasteiger partial charge in [-0.25, -0.2) is 0 Å². The fourth-order valence-corrected chi connectivity index (χ4v) is 3.55. The molecule has 6 nitrogen and oxygen atoms in total. The van der Waals surface area contributed by atoms with Gasteiger partial charge >= 0.3 is 0 Å². The summed E-state index contributed by atoms with van der Waals surface area (Å²) < 4.78 is 0. The molecule has 0 aromatic heterocycles. The standard InChI is InChI=1S/C20H19N3O3/c24-18(13-23-19(25)15-6-2-3-7-16(15)20(23)26)21-10-12-22-11-9-14-5-1-4-8-17(14)22/h1-8H,9-13H2,(H,21,24). The Bertz CT molecular complexity index is 858. The summed E-state index contributed by atoms with van der Waals surface area (Å²) in [5.41, 5.74) is 3.25. The fourth-order valence-electron chi connectivity index (χ4n) is 3.55. The van der Waals surface area contributed by atoms with Crippen LogP contribution in [0.5, 0.6) is 0 Å². The molecule has 6 heteroatoms. The summed E-state index contributed by atoms with van der Waals surface area (Å²) >= 11 is 0. The molecule has 0 radical (unpaired) electrons. The molecule has 26 heavy (non-hydrogen) atoms. The lowest BCUT2D eigenvalue weighted by Crippen LogP contribution is -2.42. The van der Waals surface area contributed by atoms with Crippen molar-refractivity contribution in [2.24, 2.45) is 0 Å². The molecule has 2 aromatic rings. The Labute approximate surface area is 151 Å². The van der Waals surface area contributed by atoms with E-state index in [2.05, 4.69) is 22.3 Å². The van der Waals surface area contributed by atoms with Crippen molar-refractivity contribution < 1.29 is 14.4 Å². The maximum Gasteiger partial charge on any atom is 0.262 e. The van der Waals surface area contributed by atoms with E-state index in [9.17, 15) is 14.4 Å². The van der Waals surface area contributed by atoms with Crippen LogP contribution in [0.4, 0.5) is 5.69 Å². The second kappa shape index (κ2) is 6.63. The number of carbonyl (C=O) groups excluding carboxylic acids is 3. The van der Waals surface area contributed by atoms with Crippen LogP contribution in [0.15, 0.2) is 48.5 Å². The van der Waals surface area contributed by atoms with Crippen molar-refractivity contribution in [2.75, 3.05) is 31.1 Å². The molecule has 2 aliphatic heterocycles. The minimum Gasteiger partial charge on any atom is -0.369 e. The highest BCUT2D eigenvalue weighted by atomic mass is 16.2. The van der Waals surface area contributed by atoms with E-state index in [0.717, 1.165) is 17.9 Å². The Hall–Kier alpha value is -3.15. The van der Waals surface area contributed by atoms with Crippen molar-refractivity contribution in [3.63, 3.8) is 0 Å². The average molecular weight is 349 g/mol. The van der Waals surface area contributed by atoms with Crippen LogP contribution < -0.4 is 10.2 Å². The van der Waals surface area contributed by atoms with Crippen LogP contribution in [-0.4, -0.2) is 48.8 Å². The molecule has 2 aliphatic rings. The van der Waals surface area contributed by atoms with Gasteiger partial charge in [0.05, 0.1) is 11.1 Å². The molecule has 0 saturated carbocycles. The van der Waals surface area contributed by atoms with E-state index in [-0.39, 0.29) is 12.5 Å². The van der Waals surface area contributed by atoms with Crippen molar-refractivity contribution in [2.45, 2.75) is 6.42 Å². The Morgan fingerprint density at radius 3 is 2.35 bits per heavy atom. The van der Waals surface area contributed by atoms with E-state index < -0.39 is 11.8 Å². The Morgan fingerprint density at radius 1 is 0.962 bits per heavy atom.